The van der Waals surface area contributed by atoms with E-state index in [1.807, 2.05) is 5.38 Å². The van der Waals surface area contributed by atoms with Crippen molar-refractivity contribution in [2.45, 2.75) is 33.0 Å². The number of thiazole rings is 1. The van der Waals surface area contributed by atoms with Crippen molar-refractivity contribution in [1.82, 2.24) is 10.3 Å². The first-order valence-electron chi connectivity index (χ1n) is 6.29. The lowest BCUT2D eigenvalue weighted by molar-refractivity contribution is 0.299. The van der Waals surface area contributed by atoms with E-state index >= 15 is 0 Å². The first kappa shape index (κ1) is 15.4. The SMILES string of the molecule is CC(C)NCc1nc(COc2ccc(F)cc2Br)cs1. The van der Waals surface area contributed by atoms with Gasteiger partial charge in [-0.05, 0) is 34.1 Å². The molecule has 1 heterocycles. The molecule has 0 radical (unpaired) electrons. The molecule has 2 rings (SSSR count). The summed E-state index contributed by atoms with van der Waals surface area (Å²) in [6, 6.07) is 4.80. The van der Waals surface area contributed by atoms with Gasteiger partial charge in [-0.3, -0.25) is 0 Å². The van der Waals surface area contributed by atoms with Gasteiger partial charge in [-0.2, -0.15) is 0 Å². The van der Waals surface area contributed by atoms with E-state index in [9.17, 15) is 4.39 Å². The Balaban J connectivity index is 1.90. The van der Waals surface area contributed by atoms with Crippen LogP contribution in [0.2, 0.25) is 0 Å². The monoisotopic (exact) mass is 358 g/mol. The zero-order chi connectivity index (χ0) is 14.5. The number of ether oxygens (including phenoxy) is 1. The second-order valence-electron chi connectivity index (χ2n) is 4.63. The van der Waals surface area contributed by atoms with Gasteiger partial charge >= 0.3 is 0 Å². The molecule has 0 spiro atoms. The molecule has 108 valence electrons. The van der Waals surface area contributed by atoms with E-state index < -0.39 is 0 Å². The maximum Gasteiger partial charge on any atom is 0.134 e. The lowest BCUT2D eigenvalue weighted by Crippen LogP contribution is -2.21. The molecule has 0 amide bonds. The van der Waals surface area contributed by atoms with Gasteiger partial charge < -0.3 is 10.1 Å². The lowest BCUT2D eigenvalue weighted by Gasteiger charge is -2.06. The smallest absolute Gasteiger partial charge is 0.134 e. The van der Waals surface area contributed by atoms with E-state index in [1.54, 1.807) is 17.4 Å². The molecule has 0 aliphatic heterocycles. The summed E-state index contributed by atoms with van der Waals surface area (Å²) in [5, 5.41) is 6.34. The minimum atomic E-state index is -0.292. The molecule has 0 saturated carbocycles. The molecule has 0 fully saturated rings. The van der Waals surface area contributed by atoms with Crippen LogP contribution in [0.25, 0.3) is 0 Å². The van der Waals surface area contributed by atoms with Crippen molar-refractivity contribution in [2.75, 3.05) is 0 Å². The van der Waals surface area contributed by atoms with Gasteiger partial charge in [0.25, 0.3) is 0 Å². The van der Waals surface area contributed by atoms with Gasteiger partial charge in [0.2, 0.25) is 0 Å². The van der Waals surface area contributed by atoms with Crippen molar-refractivity contribution in [3.05, 3.63) is 44.6 Å². The maximum atomic E-state index is 13.0. The summed E-state index contributed by atoms with van der Waals surface area (Å²) in [4.78, 5) is 4.49. The molecule has 0 aliphatic rings. The summed E-state index contributed by atoms with van der Waals surface area (Å²) >= 11 is 4.88. The molecule has 1 aromatic carbocycles. The Kier molecular flexibility index (Phi) is 5.51. The predicted molar refractivity (Wildman–Crippen MR) is 82.5 cm³/mol. The average molecular weight is 359 g/mol. The second kappa shape index (κ2) is 7.15. The maximum absolute atomic E-state index is 13.0. The van der Waals surface area contributed by atoms with Crippen LogP contribution in [0.3, 0.4) is 0 Å². The molecule has 20 heavy (non-hydrogen) atoms. The predicted octanol–water partition coefficient (Wildman–Crippen LogP) is 4.12. The van der Waals surface area contributed by atoms with Gasteiger partial charge in [0.05, 0.1) is 10.2 Å². The molecule has 1 N–H and O–H groups in total. The van der Waals surface area contributed by atoms with Crippen LogP contribution in [0.1, 0.15) is 24.5 Å². The van der Waals surface area contributed by atoms with Crippen molar-refractivity contribution >= 4 is 27.3 Å². The van der Waals surface area contributed by atoms with Crippen LogP contribution in [0, 0.1) is 5.82 Å². The highest BCUT2D eigenvalue weighted by Crippen LogP contribution is 2.26. The summed E-state index contributed by atoms with van der Waals surface area (Å²) in [6.45, 7) is 5.35. The second-order valence-corrected chi connectivity index (χ2v) is 6.43. The molecule has 0 saturated heterocycles. The molecule has 0 bridgehead atoms. The Morgan fingerprint density at radius 2 is 2.25 bits per heavy atom. The van der Waals surface area contributed by atoms with Gasteiger partial charge in [0.1, 0.15) is 23.2 Å². The standard InChI is InChI=1S/C14H16BrFN2OS/c1-9(2)17-6-14-18-11(8-20-14)7-19-13-4-3-10(16)5-12(13)15/h3-5,8-9,17H,6-7H2,1-2H3. The highest BCUT2D eigenvalue weighted by atomic mass is 79.9. The van der Waals surface area contributed by atoms with Gasteiger partial charge in [-0.15, -0.1) is 11.3 Å². The molecule has 2 aromatic rings. The van der Waals surface area contributed by atoms with Gasteiger partial charge in [0.15, 0.2) is 0 Å². The fraction of sp³-hybridized carbons (Fsp3) is 0.357. The van der Waals surface area contributed by atoms with Gasteiger partial charge in [-0.1, -0.05) is 13.8 Å². The van der Waals surface area contributed by atoms with Crippen molar-refractivity contribution in [1.29, 1.82) is 0 Å². The largest absolute Gasteiger partial charge is 0.486 e. The van der Waals surface area contributed by atoms with Crippen molar-refractivity contribution < 1.29 is 9.13 Å². The highest BCUT2D eigenvalue weighted by molar-refractivity contribution is 9.10. The minimum Gasteiger partial charge on any atom is -0.486 e. The van der Waals surface area contributed by atoms with E-state index in [0.717, 1.165) is 17.2 Å². The van der Waals surface area contributed by atoms with Gasteiger partial charge in [-0.25, -0.2) is 9.37 Å². The van der Waals surface area contributed by atoms with E-state index in [1.165, 1.54) is 12.1 Å². The molecule has 3 nitrogen and oxygen atoms in total. The quantitative estimate of drug-likeness (QED) is 0.843. The number of hydrogen-bond donors (Lipinski definition) is 1. The van der Waals surface area contributed by atoms with E-state index in [2.05, 4.69) is 40.1 Å². The van der Waals surface area contributed by atoms with Crippen LogP contribution < -0.4 is 10.1 Å². The summed E-state index contributed by atoms with van der Waals surface area (Å²) in [5.41, 5.74) is 0.881. The van der Waals surface area contributed by atoms with Crippen LogP contribution in [-0.4, -0.2) is 11.0 Å². The third kappa shape index (κ3) is 4.54. The molecular weight excluding hydrogens is 343 g/mol. The topological polar surface area (TPSA) is 34.2 Å². The van der Waals surface area contributed by atoms with Crippen LogP contribution in [0.4, 0.5) is 4.39 Å². The van der Waals surface area contributed by atoms with Crippen molar-refractivity contribution in [2.24, 2.45) is 0 Å². The Labute approximate surface area is 130 Å². The van der Waals surface area contributed by atoms with E-state index in [-0.39, 0.29) is 5.82 Å². The van der Waals surface area contributed by atoms with Crippen molar-refractivity contribution in [3.63, 3.8) is 0 Å². The summed E-state index contributed by atoms with van der Waals surface area (Å²) in [5.74, 6) is 0.321. The number of halogens is 2. The van der Waals surface area contributed by atoms with Crippen LogP contribution in [-0.2, 0) is 13.2 Å². The van der Waals surface area contributed by atoms with Crippen molar-refractivity contribution in [3.8, 4) is 5.75 Å². The first-order chi connectivity index (χ1) is 9.54. The lowest BCUT2D eigenvalue weighted by atomic mass is 10.3. The van der Waals surface area contributed by atoms with E-state index in [4.69, 9.17) is 4.74 Å². The summed E-state index contributed by atoms with van der Waals surface area (Å²) in [6.07, 6.45) is 0. The molecule has 0 atom stereocenters. The molecular formula is C14H16BrFN2OS. The third-order valence-corrected chi connectivity index (χ3v) is 4.05. The Morgan fingerprint density at radius 1 is 1.45 bits per heavy atom. The van der Waals surface area contributed by atoms with E-state index in [0.29, 0.717) is 22.9 Å². The molecule has 0 unspecified atom stereocenters. The van der Waals surface area contributed by atoms with Gasteiger partial charge in [0, 0.05) is 18.0 Å². The number of rotatable bonds is 6. The molecule has 0 aliphatic carbocycles. The Bertz CT molecular complexity index is 574. The zero-order valence-corrected chi connectivity index (χ0v) is 13.7. The van der Waals surface area contributed by atoms with Crippen LogP contribution in [0.5, 0.6) is 5.75 Å². The number of aromatic nitrogens is 1. The number of hydrogen-bond acceptors (Lipinski definition) is 4. The fourth-order valence-electron chi connectivity index (χ4n) is 1.53. The number of nitrogens with zero attached hydrogens (tertiary/aromatic N) is 1. The van der Waals surface area contributed by atoms with Crippen LogP contribution in [0.15, 0.2) is 28.1 Å². The normalized spacial score (nSPS) is 11.1. The summed E-state index contributed by atoms with van der Waals surface area (Å²) in [7, 11) is 0. The first-order valence-corrected chi connectivity index (χ1v) is 7.96. The average Bonchev–Trinajstić information content (AvgIpc) is 2.83. The molecule has 6 heteroatoms. The zero-order valence-electron chi connectivity index (χ0n) is 11.3. The minimum absolute atomic E-state index is 0.292. The highest BCUT2D eigenvalue weighted by Gasteiger charge is 2.06. The molecule has 1 aromatic heterocycles. The number of benzene rings is 1. The Hall–Kier alpha value is -0.980. The number of nitrogens with one attached hydrogen (secondary N) is 1. The van der Waals surface area contributed by atoms with Crippen LogP contribution >= 0.6 is 27.3 Å². The third-order valence-electron chi connectivity index (χ3n) is 2.53. The summed E-state index contributed by atoms with van der Waals surface area (Å²) < 4.78 is 19.2. The fourth-order valence-corrected chi connectivity index (χ4v) is 2.73. The Morgan fingerprint density at radius 3 is 2.95 bits per heavy atom.